The van der Waals surface area contributed by atoms with Gasteiger partial charge in [-0.3, -0.25) is 4.79 Å². The minimum Gasteiger partial charge on any atom is -0.361 e. The van der Waals surface area contributed by atoms with Gasteiger partial charge in [0, 0.05) is 17.1 Å². The average Bonchev–Trinajstić information content (AvgIpc) is 3.05. The molecule has 1 saturated heterocycles. The number of likely N-dealkylation sites (tertiary alicyclic amines) is 1. The summed E-state index contributed by atoms with van der Waals surface area (Å²) >= 11 is 5.99. The van der Waals surface area contributed by atoms with E-state index in [0.29, 0.717) is 11.4 Å². The highest BCUT2D eigenvalue weighted by atomic mass is 35.5. The van der Waals surface area contributed by atoms with Crippen LogP contribution >= 0.6 is 11.6 Å². The Kier molecular flexibility index (Phi) is 4.21. The van der Waals surface area contributed by atoms with Crippen LogP contribution in [0.4, 0.5) is 0 Å². The van der Waals surface area contributed by atoms with Crippen molar-refractivity contribution in [2.75, 3.05) is 6.54 Å². The first kappa shape index (κ1) is 15.1. The fourth-order valence-corrected chi connectivity index (χ4v) is 3.47. The minimum absolute atomic E-state index is 0.0814. The largest absolute Gasteiger partial charge is 0.361 e. The van der Waals surface area contributed by atoms with Crippen molar-refractivity contribution in [1.29, 1.82) is 0 Å². The van der Waals surface area contributed by atoms with E-state index in [9.17, 15) is 4.79 Å². The van der Waals surface area contributed by atoms with Crippen LogP contribution in [0.1, 0.15) is 41.5 Å². The second-order valence-corrected chi connectivity index (χ2v) is 6.23. The predicted molar refractivity (Wildman–Crippen MR) is 84.8 cm³/mol. The summed E-state index contributed by atoms with van der Waals surface area (Å²) in [5.74, 6) is 0.940. The van der Waals surface area contributed by atoms with Crippen molar-refractivity contribution in [2.24, 2.45) is 0 Å². The fourth-order valence-electron chi connectivity index (χ4n) is 3.25. The summed E-state index contributed by atoms with van der Waals surface area (Å²) in [5.41, 5.74) is 2.89. The third-order valence-electron chi connectivity index (χ3n) is 4.24. The van der Waals surface area contributed by atoms with E-state index in [1.54, 1.807) is 0 Å². The molecule has 22 heavy (non-hydrogen) atoms. The number of amides is 1. The number of hydrogen-bond acceptors (Lipinski definition) is 3. The van der Waals surface area contributed by atoms with Gasteiger partial charge >= 0.3 is 0 Å². The summed E-state index contributed by atoms with van der Waals surface area (Å²) < 4.78 is 5.26. The van der Waals surface area contributed by atoms with Crippen LogP contribution in [0.25, 0.3) is 0 Å². The van der Waals surface area contributed by atoms with Gasteiger partial charge < -0.3 is 9.42 Å². The quantitative estimate of drug-likeness (QED) is 0.863. The Labute approximate surface area is 135 Å². The number of carbonyl (C=O) groups excluding carboxylic acids is 1. The SMILES string of the molecule is Cc1noc(C)c1[C@@H]1CCCN1C(=O)Cc1cccc(Cl)c1. The van der Waals surface area contributed by atoms with Crippen molar-refractivity contribution in [3.05, 3.63) is 51.9 Å². The van der Waals surface area contributed by atoms with Crippen LogP contribution in [-0.4, -0.2) is 22.5 Å². The van der Waals surface area contributed by atoms with Gasteiger partial charge in [-0.05, 0) is 44.4 Å². The van der Waals surface area contributed by atoms with Gasteiger partial charge in [0.15, 0.2) is 0 Å². The lowest BCUT2D eigenvalue weighted by atomic mass is 10.0. The highest BCUT2D eigenvalue weighted by Gasteiger charge is 2.33. The van der Waals surface area contributed by atoms with Gasteiger partial charge in [-0.2, -0.15) is 0 Å². The molecular weight excluding hydrogens is 300 g/mol. The number of hydrogen-bond donors (Lipinski definition) is 0. The van der Waals surface area contributed by atoms with E-state index in [2.05, 4.69) is 5.16 Å². The van der Waals surface area contributed by atoms with Crippen molar-refractivity contribution in [2.45, 2.75) is 39.2 Å². The second-order valence-electron chi connectivity index (χ2n) is 5.79. The van der Waals surface area contributed by atoms with Crippen LogP contribution < -0.4 is 0 Å². The van der Waals surface area contributed by atoms with Gasteiger partial charge in [0.1, 0.15) is 5.76 Å². The molecule has 4 nitrogen and oxygen atoms in total. The van der Waals surface area contributed by atoms with Crippen molar-refractivity contribution >= 4 is 17.5 Å². The molecule has 0 spiro atoms. The Morgan fingerprint density at radius 1 is 1.45 bits per heavy atom. The van der Waals surface area contributed by atoms with Gasteiger partial charge in [0.25, 0.3) is 0 Å². The van der Waals surface area contributed by atoms with Gasteiger partial charge in [-0.25, -0.2) is 0 Å². The molecule has 0 unspecified atom stereocenters. The lowest BCUT2D eigenvalue weighted by Crippen LogP contribution is -2.32. The van der Waals surface area contributed by atoms with Crippen molar-refractivity contribution in [1.82, 2.24) is 10.1 Å². The number of rotatable bonds is 3. The number of nitrogens with zero attached hydrogens (tertiary/aromatic N) is 2. The molecule has 1 aliphatic heterocycles. The molecule has 2 heterocycles. The highest BCUT2D eigenvalue weighted by Crippen LogP contribution is 2.35. The molecule has 1 aliphatic rings. The maximum absolute atomic E-state index is 12.7. The molecule has 2 aromatic rings. The lowest BCUT2D eigenvalue weighted by molar-refractivity contribution is -0.131. The summed E-state index contributed by atoms with van der Waals surface area (Å²) in [5, 5.41) is 4.68. The fraction of sp³-hybridized carbons (Fsp3) is 0.412. The predicted octanol–water partition coefficient (Wildman–Crippen LogP) is 3.85. The van der Waals surface area contributed by atoms with Gasteiger partial charge in [-0.1, -0.05) is 28.9 Å². The number of benzene rings is 1. The highest BCUT2D eigenvalue weighted by molar-refractivity contribution is 6.30. The molecule has 0 N–H and O–H groups in total. The third kappa shape index (κ3) is 2.88. The Morgan fingerprint density at radius 3 is 2.95 bits per heavy atom. The Balaban J connectivity index is 1.80. The normalized spacial score (nSPS) is 18.0. The molecule has 0 radical (unpaired) electrons. The van der Waals surface area contributed by atoms with Crippen molar-refractivity contribution < 1.29 is 9.32 Å². The van der Waals surface area contributed by atoms with Crippen LogP contribution in [0, 0.1) is 13.8 Å². The smallest absolute Gasteiger partial charge is 0.227 e. The first-order valence-corrected chi connectivity index (χ1v) is 7.90. The van der Waals surface area contributed by atoms with E-state index < -0.39 is 0 Å². The monoisotopic (exact) mass is 318 g/mol. The molecule has 1 aromatic heterocycles. The average molecular weight is 319 g/mol. The van der Waals surface area contributed by atoms with Crippen LogP contribution in [0.3, 0.4) is 0 Å². The first-order valence-electron chi connectivity index (χ1n) is 7.53. The zero-order valence-electron chi connectivity index (χ0n) is 12.8. The first-order chi connectivity index (χ1) is 10.6. The molecule has 5 heteroatoms. The summed E-state index contributed by atoms with van der Waals surface area (Å²) in [6, 6.07) is 7.56. The van der Waals surface area contributed by atoms with Crippen molar-refractivity contribution in [3.63, 3.8) is 0 Å². The lowest BCUT2D eigenvalue weighted by Gasteiger charge is -2.25. The maximum Gasteiger partial charge on any atom is 0.227 e. The summed E-state index contributed by atoms with van der Waals surface area (Å²) in [4.78, 5) is 14.6. The number of aromatic nitrogens is 1. The van der Waals surface area contributed by atoms with Gasteiger partial charge in [0.2, 0.25) is 5.91 Å². The van der Waals surface area contributed by atoms with Crippen LogP contribution in [0.2, 0.25) is 5.02 Å². The molecule has 0 aliphatic carbocycles. The molecular formula is C17H19ClN2O2. The van der Waals surface area contributed by atoms with E-state index in [4.69, 9.17) is 16.1 Å². The van der Waals surface area contributed by atoms with E-state index in [-0.39, 0.29) is 11.9 Å². The Bertz CT molecular complexity index is 676. The van der Waals surface area contributed by atoms with E-state index in [0.717, 1.165) is 42.0 Å². The molecule has 3 rings (SSSR count). The van der Waals surface area contributed by atoms with Crippen LogP contribution in [-0.2, 0) is 11.2 Å². The molecule has 1 amide bonds. The summed E-state index contributed by atoms with van der Waals surface area (Å²) in [6.45, 7) is 4.63. The number of carbonyl (C=O) groups is 1. The number of aryl methyl sites for hydroxylation is 2. The molecule has 0 saturated carbocycles. The molecule has 116 valence electrons. The van der Waals surface area contributed by atoms with Crippen LogP contribution in [0.5, 0.6) is 0 Å². The molecule has 1 fully saturated rings. The van der Waals surface area contributed by atoms with Gasteiger partial charge in [0.05, 0.1) is 18.2 Å². The molecule has 0 bridgehead atoms. The van der Waals surface area contributed by atoms with Gasteiger partial charge in [-0.15, -0.1) is 0 Å². The third-order valence-corrected chi connectivity index (χ3v) is 4.47. The standard InChI is InChI=1S/C17H19ClN2O2/c1-11-17(12(2)22-19-11)15-7-4-8-20(15)16(21)10-13-5-3-6-14(18)9-13/h3,5-6,9,15H,4,7-8,10H2,1-2H3/t15-/m0/s1. The molecule has 1 aromatic carbocycles. The Morgan fingerprint density at radius 2 is 2.27 bits per heavy atom. The summed E-state index contributed by atoms with van der Waals surface area (Å²) in [6.07, 6.45) is 2.35. The topological polar surface area (TPSA) is 46.3 Å². The Hall–Kier alpha value is -1.81. The van der Waals surface area contributed by atoms with Crippen LogP contribution in [0.15, 0.2) is 28.8 Å². The zero-order valence-corrected chi connectivity index (χ0v) is 13.6. The minimum atomic E-state index is 0.0814. The molecule has 1 atom stereocenters. The number of halogens is 1. The van der Waals surface area contributed by atoms with E-state index in [1.807, 2.05) is 43.0 Å². The zero-order chi connectivity index (χ0) is 15.7. The second kappa shape index (κ2) is 6.13. The van der Waals surface area contributed by atoms with E-state index >= 15 is 0 Å². The van der Waals surface area contributed by atoms with E-state index in [1.165, 1.54) is 0 Å². The maximum atomic E-state index is 12.7. The summed E-state index contributed by atoms with van der Waals surface area (Å²) in [7, 11) is 0. The van der Waals surface area contributed by atoms with Crippen molar-refractivity contribution in [3.8, 4) is 0 Å².